The number of rotatable bonds is 6. The summed E-state index contributed by atoms with van der Waals surface area (Å²) in [7, 11) is 1.77. The number of likely N-dealkylation sites (tertiary alicyclic amines) is 1. The zero-order valence-electron chi connectivity index (χ0n) is 15.0. The van der Waals surface area contributed by atoms with Crippen LogP contribution in [0, 0.1) is 5.92 Å². The van der Waals surface area contributed by atoms with E-state index < -0.39 is 0 Å². The van der Waals surface area contributed by atoms with Gasteiger partial charge in [-0.1, -0.05) is 18.2 Å². The van der Waals surface area contributed by atoms with Gasteiger partial charge in [0, 0.05) is 58.4 Å². The van der Waals surface area contributed by atoms with Gasteiger partial charge in [-0.2, -0.15) is 0 Å². The monoisotopic (exact) mass is 344 g/mol. The van der Waals surface area contributed by atoms with E-state index in [2.05, 4.69) is 10.2 Å². The Hall–Kier alpha value is -1.92. The number of nitrogens with one attached hydrogen (secondary N) is 1. The molecule has 25 heavy (non-hydrogen) atoms. The van der Waals surface area contributed by atoms with Gasteiger partial charge in [-0.3, -0.25) is 9.59 Å². The number of anilines is 1. The van der Waals surface area contributed by atoms with Crippen molar-refractivity contribution in [3.63, 3.8) is 0 Å². The van der Waals surface area contributed by atoms with Crippen molar-refractivity contribution in [1.29, 1.82) is 0 Å². The van der Waals surface area contributed by atoms with Crippen LogP contribution in [0.15, 0.2) is 30.3 Å². The van der Waals surface area contributed by atoms with Crippen LogP contribution in [0.4, 0.5) is 5.69 Å². The highest BCUT2D eigenvalue weighted by Gasteiger charge is 2.35. The summed E-state index contributed by atoms with van der Waals surface area (Å²) in [5.74, 6) is -0.0896. The van der Waals surface area contributed by atoms with Gasteiger partial charge in [0.25, 0.3) is 0 Å². The summed E-state index contributed by atoms with van der Waals surface area (Å²) in [6, 6.07) is 9.82. The number of benzene rings is 1. The van der Waals surface area contributed by atoms with Crippen LogP contribution in [-0.2, 0) is 9.59 Å². The molecule has 2 heterocycles. The van der Waals surface area contributed by atoms with Gasteiger partial charge in [0.15, 0.2) is 0 Å². The Kier molecular flexibility index (Phi) is 6.04. The third-order valence-corrected chi connectivity index (χ3v) is 5.09. The molecule has 1 aromatic rings. The lowest BCUT2D eigenvalue weighted by Gasteiger charge is -2.29. The lowest BCUT2D eigenvalue weighted by molar-refractivity contribution is -0.127. The maximum absolute atomic E-state index is 13.0. The van der Waals surface area contributed by atoms with Crippen molar-refractivity contribution in [3.05, 3.63) is 30.3 Å². The first-order valence-electron chi connectivity index (χ1n) is 9.18. The Bertz CT molecular complexity index is 586. The van der Waals surface area contributed by atoms with Crippen molar-refractivity contribution in [2.75, 3.05) is 57.8 Å². The van der Waals surface area contributed by atoms with Gasteiger partial charge in [-0.25, -0.2) is 0 Å². The van der Waals surface area contributed by atoms with E-state index in [1.54, 1.807) is 11.9 Å². The molecule has 0 aromatic heterocycles. The average molecular weight is 344 g/mol. The van der Waals surface area contributed by atoms with Crippen molar-refractivity contribution in [2.45, 2.75) is 12.8 Å². The summed E-state index contributed by atoms with van der Waals surface area (Å²) in [5.41, 5.74) is 0.926. The zero-order valence-corrected chi connectivity index (χ0v) is 15.0. The van der Waals surface area contributed by atoms with Crippen LogP contribution >= 0.6 is 0 Å². The Balaban J connectivity index is 1.63. The first-order valence-corrected chi connectivity index (χ1v) is 9.18. The molecule has 0 spiro atoms. The van der Waals surface area contributed by atoms with Gasteiger partial charge in [-0.15, -0.1) is 0 Å². The molecule has 1 unspecified atom stereocenters. The summed E-state index contributed by atoms with van der Waals surface area (Å²) < 4.78 is 0. The third-order valence-electron chi connectivity index (χ3n) is 5.09. The number of piperazine rings is 1. The molecular weight excluding hydrogens is 316 g/mol. The van der Waals surface area contributed by atoms with E-state index in [9.17, 15) is 9.59 Å². The largest absolute Gasteiger partial charge is 0.345 e. The predicted molar refractivity (Wildman–Crippen MR) is 98.5 cm³/mol. The van der Waals surface area contributed by atoms with Gasteiger partial charge >= 0.3 is 0 Å². The summed E-state index contributed by atoms with van der Waals surface area (Å²) in [6.45, 7) is 6.44. The molecule has 6 nitrogen and oxygen atoms in total. The fourth-order valence-electron chi connectivity index (χ4n) is 3.61. The number of hydrogen-bond donors (Lipinski definition) is 1. The Morgan fingerprint density at radius 1 is 1.24 bits per heavy atom. The standard InChI is InChI=1S/C19H28N4O2/c1-21-15-16(14-18(21)24)19(25)23(17-6-3-2-4-7-17)11-5-10-22-12-8-20-9-13-22/h2-4,6-7,16,20H,5,8-15H2,1H3. The van der Waals surface area contributed by atoms with Crippen LogP contribution in [0.2, 0.25) is 0 Å². The molecule has 0 aliphatic carbocycles. The van der Waals surface area contributed by atoms with Gasteiger partial charge in [0.05, 0.1) is 5.92 Å². The summed E-state index contributed by atoms with van der Waals surface area (Å²) in [4.78, 5) is 30.8. The topological polar surface area (TPSA) is 55.9 Å². The first kappa shape index (κ1) is 17.9. The predicted octanol–water partition coefficient (Wildman–Crippen LogP) is 0.793. The van der Waals surface area contributed by atoms with Gasteiger partial charge in [0.1, 0.15) is 0 Å². The van der Waals surface area contributed by atoms with Crippen molar-refractivity contribution >= 4 is 17.5 Å². The minimum atomic E-state index is -0.225. The molecule has 1 N–H and O–H groups in total. The van der Waals surface area contributed by atoms with Gasteiger partial charge in [-0.05, 0) is 25.1 Å². The van der Waals surface area contributed by atoms with Crippen LogP contribution in [0.1, 0.15) is 12.8 Å². The molecule has 2 amide bonds. The smallest absolute Gasteiger partial charge is 0.232 e. The molecule has 1 aromatic carbocycles. The normalized spacial score (nSPS) is 21.6. The summed E-state index contributed by atoms with van der Waals surface area (Å²) >= 11 is 0. The molecule has 6 heteroatoms. The van der Waals surface area contributed by atoms with Crippen LogP contribution in [0.3, 0.4) is 0 Å². The fourth-order valence-corrected chi connectivity index (χ4v) is 3.61. The quantitative estimate of drug-likeness (QED) is 0.829. The van der Waals surface area contributed by atoms with Crippen molar-refractivity contribution in [2.24, 2.45) is 5.92 Å². The Labute approximate surface area is 149 Å². The summed E-state index contributed by atoms with van der Waals surface area (Å²) in [5, 5.41) is 3.36. The second-order valence-electron chi connectivity index (χ2n) is 6.95. The number of nitrogens with zero attached hydrogens (tertiary/aromatic N) is 3. The molecule has 0 bridgehead atoms. The lowest BCUT2D eigenvalue weighted by Crippen LogP contribution is -2.45. The van der Waals surface area contributed by atoms with Crippen LogP contribution in [0.25, 0.3) is 0 Å². The minimum absolute atomic E-state index is 0.0622. The number of amides is 2. The van der Waals surface area contributed by atoms with E-state index in [1.807, 2.05) is 35.2 Å². The first-order chi connectivity index (χ1) is 12.1. The van der Waals surface area contributed by atoms with E-state index in [0.29, 0.717) is 19.5 Å². The molecule has 2 saturated heterocycles. The number of carbonyl (C=O) groups is 2. The van der Waals surface area contributed by atoms with Crippen LogP contribution in [0.5, 0.6) is 0 Å². The Morgan fingerprint density at radius 3 is 2.60 bits per heavy atom. The van der Waals surface area contributed by atoms with Gasteiger partial charge < -0.3 is 20.0 Å². The molecule has 0 radical (unpaired) electrons. The van der Waals surface area contributed by atoms with E-state index in [-0.39, 0.29) is 17.7 Å². The van der Waals surface area contributed by atoms with E-state index in [4.69, 9.17) is 0 Å². The molecule has 2 fully saturated rings. The Morgan fingerprint density at radius 2 is 1.96 bits per heavy atom. The molecule has 2 aliphatic heterocycles. The number of para-hydroxylation sites is 1. The van der Waals surface area contributed by atoms with Crippen LogP contribution < -0.4 is 10.2 Å². The molecule has 2 aliphatic rings. The maximum Gasteiger partial charge on any atom is 0.232 e. The van der Waals surface area contributed by atoms with Crippen molar-refractivity contribution in [3.8, 4) is 0 Å². The van der Waals surface area contributed by atoms with E-state index in [0.717, 1.165) is 44.8 Å². The van der Waals surface area contributed by atoms with Gasteiger partial charge in [0.2, 0.25) is 11.8 Å². The second kappa shape index (κ2) is 8.45. The lowest BCUT2D eigenvalue weighted by atomic mass is 10.1. The van der Waals surface area contributed by atoms with Crippen molar-refractivity contribution < 1.29 is 9.59 Å². The minimum Gasteiger partial charge on any atom is -0.345 e. The van der Waals surface area contributed by atoms with Crippen molar-refractivity contribution in [1.82, 2.24) is 15.1 Å². The number of carbonyl (C=O) groups excluding carboxylic acids is 2. The van der Waals surface area contributed by atoms with Crippen LogP contribution in [-0.4, -0.2) is 74.5 Å². The maximum atomic E-state index is 13.0. The molecule has 136 valence electrons. The highest BCUT2D eigenvalue weighted by Crippen LogP contribution is 2.23. The molecule has 0 saturated carbocycles. The highest BCUT2D eigenvalue weighted by molar-refractivity contribution is 5.98. The highest BCUT2D eigenvalue weighted by atomic mass is 16.2. The van der Waals surface area contributed by atoms with E-state index >= 15 is 0 Å². The second-order valence-corrected chi connectivity index (χ2v) is 6.95. The van der Waals surface area contributed by atoms with E-state index in [1.165, 1.54) is 0 Å². The number of hydrogen-bond acceptors (Lipinski definition) is 4. The summed E-state index contributed by atoms with van der Waals surface area (Å²) in [6.07, 6.45) is 1.27. The SMILES string of the molecule is CN1CC(C(=O)N(CCCN2CCNCC2)c2ccccc2)CC1=O. The molecule has 1 atom stereocenters. The average Bonchev–Trinajstić information content (AvgIpc) is 2.99. The molecular formula is C19H28N4O2. The zero-order chi connectivity index (χ0) is 17.6. The fraction of sp³-hybridized carbons (Fsp3) is 0.579. The third kappa shape index (κ3) is 4.58. The molecule has 3 rings (SSSR count).